The number of alkyl carbamates (subject to hydrolysis) is 1. The lowest BCUT2D eigenvalue weighted by Gasteiger charge is -2.34. The number of carbonyl (C=O) groups excluding carboxylic acids is 2. The van der Waals surface area contributed by atoms with Crippen molar-refractivity contribution in [3.8, 4) is 11.1 Å². The molecular weight excluding hydrogens is 464 g/mol. The van der Waals surface area contributed by atoms with Crippen molar-refractivity contribution in [3.63, 3.8) is 0 Å². The molecule has 1 saturated carbocycles. The SMILES string of the molecule is CSCCC(NC(=O)OCC1c2ccccc2-c2ccccc21)C(=O)NC(CC(=O)O)C1CCC1. The molecule has 7 nitrogen and oxygen atoms in total. The van der Waals surface area contributed by atoms with Crippen LogP contribution < -0.4 is 10.6 Å². The molecule has 4 rings (SSSR count). The largest absolute Gasteiger partial charge is 0.481 e. The van der Waals surface area contributed by atoms with Crippen LogP contribution in [0.4, 0.5) is 4.79 Å². The summed E-state index contributed by atoms with van der Waals surface area (Å²) < 4.78 is 5.62. The highest BCUT2D eigenvalue weighted by molar-refractivity contribution is 7.98. The average Bonchev–Trinajstić information content (AvgIpc) is 3.12. The number of carboxylic acids is 1. The molecule has 0 heterocycles. The first-order chi connectivity index (χ1) is 17.0. The monoisotopic (exact) mass is 496 g/mol. The number of rotatable bonds is 11. The van der Waals surface area contributed by atoms with Crippen molar-refractivity contribution in [1.29, 1.82) is 0 Å². The second-order valence-electron chi connectivity index (χ2n) is 9.21. The van der Waals surface area contributed by atoms with Gasteiger partial charge in [0, 0.05) is 12.0 Å². The van der Waals surface area contributed by atoms with Gasteiger partial charge >= 0.3 is 12.1 Å². The van der Waals surface area contributed by atoms with Gasteiger partial charge < -0.3 is 20.5 Å². The Morgan fingerprint density at radius 1 is 1.03 bits per heavy atom. The van der Waals surface area contributed by atoms with Crippen LogP contribution in [0.1, 0.15) is 49.1 Å². The Hall–Kier alpha value is -3.00. The summed E-state index contributed by atoms with van der Waals surface area (Å²) >= 11 is 1.58. The maximum atomic E-state index is 13.0. The van der Waals surface area contributed by atoms with Crippen molar-refractivity contribution in [2.45, 2.75) is 50.1 Å². The number of carbonyl (C=O) groups is 3. The van der Waals surface area contributed by atoms with Crippen molar-refractivity contribution in [1.82, 2.24) is 10.6 Å². The van der Waals surface area contributed by atoms with E-state index in [1.165, 1.54) is 0 Å². The molecule has 0 bridgehead atoms. The van der Waals surface area contributed by atoms with Crippen LogP contribution in [0.25, 0.3) is 11.1 Å². The summed E-state index contributed by atoms with van der Waals surface area (Å²) in [5.41, 5.74) is 4.54. The van der Waals surface area contributed by atoms with Gasteiger partial charge in [0.15, 0.2) is 0 Å². The summed E-state index contributed by atoms with van der Waals surface area (Å²) in [6.07, 6.45) is 4.47. The smallest absolute Gasteiger partial charge is 0.407 e. The van der Waals surface area contributed by atoms with E-state index in [4.69, 9.17) is 4.74 Å². The molecule has 35 heavy (non-hydrogen) atoms. The van der Waals surface area contributed by atoms with Crippen LogP contribution in [0.5, 0.6) is 0 Å². The standard InChI is InChI=1S/C27H32N2O5S/c1-35-14-13-23(26(32)28-24(15-25(30)31)17-7-6-8-17)29-27(33)34-16-22-20-11-4-2-9-18(20)19-10-3-5-12-21(19)22/h2-5,9-12,17,22-24H,6-8,13-16H2,1H3,(H,28,32)(H,29,33)(H,30,31). The molecule has 0 radical (unpaired) electrons. The summed E-state index contributed by atoms with van der Waals surface area (Å²) in [5.74, 6) is -0.511. The number of carboxylic acid groups (broad SMARTS) is 1. The number of amides is 2. The minimum absolute atomic E-state index is 0.0646. The summed E-state index contributed by atoms with van der Waals surface area (Å²) in [4.78, 5) is 37.1. The maximum Gasteiger partial charge on any atom is 0.407 e. The molecule has 2 unspecified atom stereocenters. The normalized spacial score (nSPS) is 16.4. The molecule has 0 aliphatic heterocycles. The Labute approximate surface area is 210 Å². The van der Waals surface area contributed by atoms with Gasteiger partial charge in [-0.3, -0.25) is 9.59 Å². The van der Waals surface area contributed by atoms with Gasteiger partial charge in [-0.1, -0.05) is 55.0 Å². The number of nitrogens with one attached hydrogen (secondary N) is 2. The highest BCUT2D eigenvalue weighted by Gasteiger charge is 2.33. The molecule has 0 aromatic heterocycles. The fourth-order valence-corrected chi connectivity index (χ4v) is 5.41. The first kappa shape index (κ1) is 25.1. The minimum atomic E-state index is -0.938. The van der Waals surface area contributed by atoms with Gasteiger partial charge in [0.25, 0.3) is 0 Å². The van der Waals surface area contributed by atoms with Gasteiger partial charge in [-0.25, -0.2) is 4.79 Å². The summed E-state index contributed by atoms with van der Waals surface area (Å²) in [6.45, 7) is 0.167. The minimum Gasteiger partial charge on any atom is -0.481 e. The number of hydrogen-bond donors (Lipinski definition) is 3. The van der Waals surface area contributed by atoms with Crippen molar-refractivity contribution in [2.24, 2.45) is 5.92 Å². The predicted molar refractivity (Wildman–Crippen MR) is 137 cm³/mol. The van der Waals surface area contributed by atoms with E-state index in [0.717, 1.165) is 41.5 Å². The highest BCUT2D eigenvalue weighted by atomic mass is 32.2. The lowest BCUT2D eigenvalue weighted by molar-refractivity contribution is -0.138. The number of thioether (sulfide) groups is 1. The van der Waals surface area contributed by atoms with E-state index in [0.29, 0.717) is 12.2 Å². The van der Waals surface area contributed by atoms with Crippen LogP contribution in [0.2, 0.25) is 0 Å². The fourth-order valence-electron chi connectivity index (χ4n) is 4.94. The van der Waals surface area contributed by atoms with E-state index >= 15 is 0 Å². The van der Waals surface area contributed by atoms with E-state index in [9.17, 15) is 19.5 Å². The van der Waals surface area contributed by atoms with Gasteiger partial charge in [0.2, 0.25) is 5.91 Å². The zero-order valence-corrected chi connectivity index (χ0v) is 20.7. The molecule has 2 amide bonds. The number of fused-ring (bicyclic) bond motifs is 3. The molecule has 8 heteroatoms. The zero-order chi connectivity index (χ0) is 24.8. The fraction of sp³-hybridized carbons (Fsp3) is 0.444. The quantitative estimate of drug-likeness (QED) is 0.426. The molecule has 3 N–H and O–H groups in total. The molecule has 0 saturated heterocycles. The average molecular weight is 497 g/mol. The van der Waals surface area contributed by atoms with Crippen molar-refractivity contribution < 1.29 is 24.2 Å². The first-order valence-corrected chi connectivity index (χ1v) is 13.5. The molecule has 2 atom stereocenters. The third-order valence-corrected chi connectivity index (χ3v) is 7.65. The third kappa shape index (κ3) is 5.99. The molecule has 2 aliphatic rings. The maximum absolute atomic E-state index is 13.0. The van der Waals surface area contributed by atoms with E-state index < -0.39 is 24.1 Å². The Morgan fingerprint density at radius 2 is 1.66 bits per heavy atom. The second kappa shape index (κ2) is 11.6. The molecule has 2 aliphatic carbocycles. The van der Waals surface area contributed by atoms with Crippen LogP contribution in [-0.4, -0.2) is 53.8 Å². The lowest BCUT2D eigenvalue weighted by atomic mass is 9.78. The molecule has 2 aromatic rings. The van der Waals surface area contributed by atoms with Crippen LogP contribution in [0, 0.1) is 5.92 Å². The zero-order valence-electron chi connectivity index (χ0n) is 19.9. The van der Waals surface area contributed by atoms with Gasteiger partial charge in [-0.2, -0.15) is 11.8 Å². The van der Waals surface area contributed by atoms with Gasteiger partial charge in [0.05, 0.1) is 6.42 Å². The summed E-state index contributed by atoms with van der Waals surface area (Å²) in [7, 11) is 0. The molecule has 2 aromatic carbocycles. The first-order valence-electron chi connectivity index (χ1n) is 12.1. The summed E-state index contributed by atoms with van der Waals surface area (Å²) in [5, 5.41) is 14.9. The van der Waals surface area contributed by atoms with Crippen LogP contribution in [0.15, 0.2) is 48.5 Å². The Balaban J connectivity index is 1.39. The van der Waals surface area contributed by atoms with E-state index in [1.54, 1.807) is 11.8 Å². The van der Waals surface area contributed by atoms with Crippen molar-refractivity contribution >= 4 is 29.7 Å². The number of hydrogen-bond acceptors (Lipinski definition) is 5. The number of benzene rings is 2. The molecular formula is C27H32N2O5S. The van der Waals surface area contributed by atoms with Crippen LogP contribution >= 0.6 is 11.8 Å². The van der Waals surface area contributed by atoms with Gasteiger partial charge in [-0.15, -0.1) is 0 Å². The predicted octanol–water partition coefficient (Wildman–Crippen LogP) is 4.41. The number of aliphatic carboxylic acids is 1. The molecule has 1 fully saturated rings. The van der Waals surface area contributed by atoms with Crippen LogP contribution in [-0.2, 0) is 14.3 Å². The van der Waals surface area contributed by atoms with Crippen molar-refractivity contribution in [2.75, 3.05) is 18.6 Å². The van der Waals surface area contributed by atoms with Crippen molar-refractivity contribution in [3.05, 3.63) is 59.7 Å². The lowest BCUT2D eigenvalue weighted by Crippen LogP contribution is -2.53. The van der Waals surface area contributed by atoms with E-state index in [2.05, 4.69) is 34.9 Å². The van der Waals surface area contributed by atoms with E-state index in [-0.39, 0.29) is 30.8 Å². The third-order valence-electron chi connectivity index (χ3n) is 7.00. The van der Waals surface area contributed by atoms with Crippen LogP contribution in [0.3, 0.4) is 0 Å². The Bertz CT molecular complexity index is 1030. The highest BCUT2D eigenvalue weighted by Crippen LogP contribution is 2.44. The number of ether oxygens (including phenoxy) is 1. The summed E-state index contributed by atoms with van der Waals surface area (Å²) in [6, 6.07) is 15.0. The second-order valence-corrected chi connectivity index (χ2v) is 10.2. The molecule has 186 valence electrons. The van der Waals surface area contributed by atoms with Gasteiger partial charge in [0.1, 0.15) is 12.6 Å². The topological polar surface area (TPSA) is 105 Å². The van der Waals surface area contributed by atoms with Gasteiger partial charge in [-0.05, 0) is 59.4 Å². The van der Waals surface area contributed by atoms with E-state index in [1.807, 2.05) is 30.5 Å². The Morgan fingerprint density at radius 3 is 2.20 bits per heavy atom. The Kier molecular flexibility index (Phi) is 8.33. The molecule has 0 spiro atoms.